The maximum Gasteiger partial charge on any atom is 0.344 e. The molecular weight excluding hydrogens is 368 g/mol. The highest BCUT2D eigenvalue weighted by atomic mass is 16.6. The lowest BCUT2D eigenvalue weighted by molar-refractivity contribution is -0.150. The van der Waals surface area contributed by atoms with Gasteiger partial charge in [-0.1, -0.05) is 0 Å². The molecule has 1 aromatic heterocycles. The Morgan fingerprint density at radius 3 is 2.57 bits per heavy atom. The number of hydrogen-bond donors (Lipinski definition) is 2. The van der Waals surface area contributed by atoms with Gasteiger partial charge in [-0.2, -0.15) is 0 Å². The average Bonchev–Trinajstić information content (AvgIpc) is 2.62. The van der Waals surface area contributed by atoms with E-state index in [1.807, 2.05) is 0 Å². The molecular formula is C19H22N2O7. The van der Waals surface area contributed by atoms with Crippen LogP contribution in [0.25, 0.3) is 11.0 Å². The van der Waals surface area contributed by atoms with Gasteiger partial charge in [0.05, 0.1) is 6.54 Å². The van der Waals surface area contributed by atoms with Crippen LogP contribution in [0.1, 0.15) is 19.4 Å². The number of nitrogens with one attached hydrogen (secondary N) is 2. The largest absolute Gasteiger partial charge is 0.482 e. The second kappa shape index (κ2) is 9.54. The Hall–Kier alpha value is -3.36. The van der Waals surface area contributed by atoms with Crippen LogP contribution in [0.5, 0.6) is 5.75 Å². The lowest BCUT2D eigenvalue weighted by Crippen LogP contribution is -2.41. The first-order chi connectivity index (χ1) is 13.2. The first kappa shape index (κ1) is 20.9. The lowest BCUT2D eigenvalue weighted by Gasteiger charge is -2.10. The molecule has 1 aromatic carbocycles. The van der Waals surface area contributed by atoms with E-state index < -0.39 is 30.7 Å². The Labute approximate surface area is 161 Å². The topological polar surface area (TPSA) is 124 Å². The number of carbonyl (C=O) groups is 3. The smallest absolute Gasteiger partial charge is 0.344 e. The normalized spacial score (nSPS) is 10.6. The molecule has 0 saturated heterocycles. The summed E-state index contributed by atoms with van der Waals surface area (Å²) in [5, 5.41) is 5.71. The molecule has 2 aromatic rings. The number of rotatable bonds is 8. The van der Waals surface area contributed by atoms with Crippen molar-refractivity contribution in [2.45, 2.75) is 26.8 Å². The number of amides is 2. The predicted molar refractivity (Wildman–Crippen MR) is 100.0 cm³/mol. The minimum absolute atomic E-state index is 0.0357. The molecule has 0 bridgehead atoms. The monoisotopic (exact) mass is 390 g/mol. The van der Waals surface area contributed by atoms with Crippen LogP contribution in [0, 0.1) is 6.92 Å². The molecule has 2 rings (SSSR count). The average molecular weight is 390 g/mol. The Kier molecular flexibility index (Phi) is 7.14. The number of ether oxygens (including phenoxy) is 2. The van der Waals surface area contributed by atoms with Crippen LogP contribution in [0.2, 0.25) is 0 Å². The Morgan fingerprint density at radius 1 is 1.11 bits per heavy atom. The van der Waals surface area contributed by atoms with E-state index in [0.717, 1.165) is 10.9 Å². The van der Waals surface area contributed by atoms with E-state index in [2.05, 4.69) is 10.6 Å². The van der Waals surface area contributed by atoms with E-state index >= 15 is 0 Å². The third kappa shape index (κ3) is 6.42. The highest BCUT2D eigenvalue weighted by Gasteiger charge is 2.11. The highest BCUT2D eigenvalue weighted by molar-refractivity contribution is 5.86. The summed E-state index contributed by atoms with van der Waals surface area (Å²) in [5.41, 5.74) is 0.634. The zero-order chi connectivity index (χ0) is 20.7. The van der Waals surface area contributed by atoms with Crippen molar-refractivity contribution in [3.8, 4) is 5.75 Å². The SMILES string of the molecule is Cc1cc(=O)oc2cc(OCC(=O)OCC(=O)NCC(=O)NC(C)C)ccc12. The molecule has 9 heteroatoms. The van der Waals surface area contributed by atoms with Gasteiger partial charge in [-0.05, 0) is 38.5 Å². The number of esters is 1. The second-order valence-electron chi connectivity index (χ2n) is 6.35. The number of hydrogen-bond acceptors (Lipinski definition) is 7. The minimum atomic E-state index is -0.757. The van der Waals surface area contributed by atoms with Gasteiger partial charge in [0.1, 0.15) is 11.3 Å². The summed E-state index contributed by atoms with van der Waals surface area (Å²) in [6.45, 7) is 4.23. The van der Waals surface area contributed by atoms with E-state index in [0.29, 0.717) is 11.3 Å². The van der Waals surface area contributed by atoms with Crippen molar-refractivity contribution in [3.63, 3.8) is 0 Å². The molecule has 0 aliphatic heterocycles. The van der Waals surface area contributed by atoms with E-state index in [-0.39, 0.29) is 18.5 Å². The molecule has 2 amide bonds. The van der Waals surface area contributed by atoms with Gasteiger partial charge in [0.25, 0.3) is 5.91 Å². The maximum absolute atomic E-state index is 11.7. The molecule has 0 radical (unpaired) electrons. The summed E-state index contributed by atoms with van der Waals surface area (Å²) in [6.07, 6.45) is 0. The van der Waals surface area contributed by atoms with Crippen molar-refractivity contribution in [2.24, 2.45) is 0 Å². The summed E-state index contributed by atoms with van der Waals surface area (Å²) in [7, 11) is 0. The molecule has 2 N–H and O–H groups in total. The molecule has 0 spiro atoms. The second-order valence-corrected chi connectivity index (χ2v) is 6.35. The molecule has 28 heavy (non-hydrogen) atoms. The number of fused-ring (bicyclic) bond motifs is 1. The molecule has 0 unspecified atom stereocenters. The molecule has 0 fully saturated rings. The minimum Gasteiger partial charge on any atom is -0.482 e. The fourth-order valence-corrected chi connectivity index (χ4v) is 2.33. The molecule has 0 atom stereocenters. The van der Waals surface area contributed by atoms with Crippen LogP contribution < -0.4 is 21.0 Å². The zero-order valence-electron chi connectivity index (χ0n) is 15.9. The van der Waals surface area contributed by atoms with Crippen molar-refractivity contribution in [1.82, 2.24) is 10.6 Å². The third-order valence-electron chi connectivity index (χ3n) is 3.54. The van der Waals surface area contributed by atoms with Gasteiger partial charge < -0.3 is 24.5 Å². The van der Waals surface area contributed by atoms with Crippen molar-refractivity contribution in [3.05, 3.63) is 40.2 Å². The van der Waals surface area contributed by atoms with Crippen molar-refractivity contribution >= 4 is 28.8 Å². The Balaban J connectivity index is 1.78. The van der Waals surface area contributed by atoms with Gasteiger partial charge in [0.2, 0.25) is 5.91 Å². The van der Waals surface area contributed by atoms with Crippen LogP contribution >= 0.6 is 0 Å². The zero-order valence-corrected chi connectivity index (χ0v) is 15.9. The van der Waals surface area contributed by atoms with Crippen LogP contribution in [0.15, 0.2) is 33.5 Å². The van der Waals surface area contributed by atoms with Gasteiger partial charge >= 0.3 is 11.6 Å². The molecule has 1 heterocycles. The van der Waals surface area contributed by atoms with Crippen molar-refractivity contribution in [2.75, 3.05) is 19.8 Å². The van der Waals surface area contributed by atoms with E-state index in [1.165, 1.54) is 12.1 Å². The van der Waals surface area contributed by atoms with E-state index in [9.17, 15) is 19.2 Å². The summed E-state index contributed by atoms with van der Waals surface area (Å²) < 4.78 is 15.2. The van der Waals surface area contributed by atoms with Gasteiger partial charge in [0, 0.05) is 23.6 Å². The van der Waals surface area contributed by atoms with Crippen LogP contribution in [0.4, 0.5) is 0 Å². The van der Waals surface area contributed by atoms with Crippen molar-refractivity contribution < 1.29 is 28.3 Å². The summed E-state index contributed by atoms with van der Waals surface area (Å²) >= 11 is 0. The fourth-order valence-electron chi connectivity index (χ4n) is 2.33. The molecule has 0 saturated carbocycles. The highest BCUT2D eigenvalue weighted by Crippen LogP contribution is 2.22. The van der Waals surface area contributed by atoms with Gasteiger partial charge in [-0.15, -0.1) is 0 Å². The van der Waals surface area contributed by atoms with E-state index in [4.69, 9.17) is 13.9 Å². The van der Waals surface area contributed by atoms with Crippen LogP contribution in [-0.4, -0.2) is 43.6 Å². The first-order valence-electron chi connectivity index (χ1n) is 8.63. The third-order valence-corrected chi connectivity index (χ3v) is 3.54. The lowest BCUT2D eigenvalue weighted by atomic mass is 10.1. The molecule has 9 nitrogen and oxygen atoms in total. The standard InChI is InChI=1S/C19H22N2O7/c1-11(2)21-16(22)8-20-17(23)9-27-19(25)10-26-13-4-5-14-12(3)6-18(24)28-15(14)7-13/h4-7,11H,8-10H2,1-3H3,(H,20,23)(H,21,22). The number of benzene rings is 1. The quantitative estimate of drug-likeness (QED) is 0.501. The number of aryl methyl sites for hydroxylation is 1. The fraction of sp³-hybridized carbons (Fsp3) is 0.368. The summed E-state index contributed by atoms with van der Waals surface area (Å²) in [4.78, 5) is 46.1. The van der Waals surface area contributed by atoms with Crippen molar-refractivity contribution in [1.29, 1.82) is 0 Å². The predicted octanol–water partition coefficient (Wildman–Crippen LogP) is 0.664. The first-order valence-corrected chi connectivity index (χ1v) is 8.63. The molecule has 0 aliphatic rings. The summed E-state index contributed by atoms with van der Waals surface area (Å²) in [6, 6.07) is 6.19. The molecule has 150 valence electrons. The number of carbonyl (C=O) groups excluding carboxylic acids is 3. The van der Waals surface area contributed by atoms with Gasteiger partial charge in [-0.25, -0.2) is 9.59 Å². The van der Waals surface area contributed by atoms with Gasteiger partial charge in [0.15, 0.2) is 13.2 Å². The van der Waals surface area contributed by atoms with Crippen LogP contribution in [0.3, 0.4) is 0 Å². The van der Waals surface area contributed by atoms with E-state index in [1.54, 1.807) is 32.9 Å². The maximum atomic E-state index is 11.7. The Morgan fingerprint density at radius 2 is 1.86 bits per heavy atom. The molecule has 0 aliphatic carbocycles. The Bertz CT molecular complexity index is 934. The summed E-state index contributed by atoms with van der Waals surface area (Å²) in [5.74, 6) is -1.38. The van der Waals surface area contributed by atoms with Gasteiger partial charge in [-0.3, -0.25) is 9.59 Å². The van der Waals surface area contributed by atoms with Crippen LogP contribution in [-0.2, 0) is 19.1 Å².